The molecule has 10 heteroatoms. The zero-order valence-electron chi connectivity index (χ0n) is 51.9. The van der Waals surface area contributed by atoms with Crippen LogP contribution in [0.3, 0.4) is 0 Å². The molecule has 0 aliphatic rings. The number of rotatable bonds is 59. The van der Waals surface area contributed by atoms with E-state index < -0.39 is 20.0 Å². The molecule has 0 bridgehead atoms. The van der Waals surface area contributed by atoms with Gasteiger partial charge in [-0.05, 0) is 96.0 Å². The van der Waals surface area contributed by atoms with Crippen molar-refractivity contribution in [1.29, 1.82) is 0 Å². The molecular weight excluding hydrogens is 988 g/mol. The lowest BCUT2D eigenvalue weighted by Gasteiger charge is -2.27. The third kappa shape index (κ3) is 58.1. The van der Waals surface area contributed by atoms with Gasteiger partial charge >= 0.3 is 13.8 Å². The maximum atomic E-state index is 13.5. The van der Waals surface area contributed by atoms with Crippen LogP contribution in [0.2, 0.25) is 0 Å². The Labute approximate surface area is 483 Å². The smallest absolute Gasteiger partial charge is 0.456 e. The number of likely N-dealkylation sites (N-methyl/N-ethyl adjacent to an activating group) is 1. The van der Waals surface area contributed by atoms with Crippen LogP contribution in [-0.4, -0.2) is 74.3 Å². The SMILES string of the molecule is CCCCC/C=C\C/C=C\C/C=C\CCCCCCCCCCCCCCC(=O)OC(/C=C\CCCCCCCCCCCC)C(COP(=O)(O)OCC[N+](C)(C)C)NC(=O)CCCCCCCC/C=C/C=C/CCCCC. The van der Waals surface area contributed by atoms with Crippen molar-refractivity contribution in [1.82, 2.24) is 5.32 Å². The van der Waals surface area contributed by atoms with Crippen LogP contribution in [0, 0.1) is 0 Å². The Hall–Kier alpha value is -2.55. The van der Waals surface area contributed by atoms with E-state index in [1.165, 1.54) is 173 Å². The minimum atomic E-state index is -4.45. The van der Waals surface area contributed by atoms with E-state index in [1.54, 1.807) is 0 Å². The number of phosphoric ester groups is 1. The van der Waals surface area contributed by atoms with Crippen molar-refractivity contribution in [2.45, 2.75) is 309 Å². The molecule has 0 radical (unpaired) electrons. The fraction of sp³-hybridized carbons (Fsp3) is 0.794. The van der Waals surface area contributed by atoms with Gasteiger partial charge in [-0.2, -0.15) is 0 Å². The molecule has 0 heterocycles. The van der Waals surface area contributed by atoms with Crippen LogP contribution in [0.1, 0.15) is 297 Å². The number of hydrogen-bond acceptors (Lipinski definition) is 6. The third-order valence-corrected chi connectivity index (χ3v) is 15.4. The summed E-state index contributed by atoms with van der Waals surface area (Å²) in [5, 5.41) is 3.05. The van der Waals surface area contributed by atoms with E-state index in [0.29, 0.717) is 17.4 Å². The van der Waals surface area contributed by atoms with Gasteiger partial charge in [-0.15, -0.1) is 0 Å². The van der Waals surface area contributed by atoms with Crippen molar-refractivity contribution in [2.24, 2.45) is 0 Å². The van der Waals surface area contributed by atoms with Crippen molar-refractivity contribution >= 4 is 19.7 Å². The predicted octanol–water partition coefficient (Wildman–Crippen LogP) is 20.4. The van der Waals surface area contributed by atoms with E-state index in [9.17, 15) is 19.0 Å². The van der Waals surface area contributed by atoms with Gasteiger partial charge in [-0.1, -0.05) is 261 Å². The molecule has 0 aromatic carbocycles. The molecule has 9 nitrogen and oxygen atoms in total. The number of ether oxygens (including phenoxy) is 1. The summed E-state index contributed by atoms with van der Waals surface area (Å²) in [7, 11) is 1.49. The second-order valence-electron chi connectivity index (χ2n) is 23.3. The summed E-state index contributed by atoms with van der Waals surface area (Å²) in [6.45, 7) is 6.96. The molecule has 0 aromatic heterocycles. The first-order chi connectivity index (χ1) is 37.9. The highest BCUT2D eigenvalue weighted by Gasteiger charge is 2.30. The summed E-state index contributed by atoms with van der Waals surface area (Å²) >= 11 is 0. The second kappa shape index (κ2) is 57.7. The summed E-state index contributed by atoms with van der Waals surface area (Å²) in [6, 6.07) is -0.857. The quantitative estimate of drug-likeness (QED) is 0.0156. The zero-order valence-corrected chi connectivity index (χ0v) is 52.8. The molecule has 0 aliphatic carbocycles. The van der Waals surface area contributed by atoms with Gasteiger partial charge in [0, 0.05) is 12.8 Å². The average molecular weight is 1110 g/mol. The number of hydrogen-bond donors (Lipinski definition) is 2. The number of phosphoric acid groups is 1. The van der Waals surface area contributed by atoms with E-state index in [4.69, 9.17) is 13.8 Å². The standard InChI is InChI=1S/C68H125N2O7P/c1-7-10-13-16-19-22-25-28-30-31-32-33-34-35-36-37-38-39-41-43-46-49-52-55-58-61-68(72)77-66(59-56-53-50-47-44-27-24-21-18-15-12-9-3)65(64-76-78(73,74)75-63-62-70(4,5)6)69-67(71)60-57-54-51-48-45-42-40-29-26-23-20-17-14-11-8-2/h19-20,22-23,26,28-30,32-33,56,59,65-66H,7-18,21,24-25,27,31,34-55,57-58,60-64H2,1-6H3,(H-,69,71,73,74)/p+1/b22-19-,23-20+,29-26+,30-28-,33-32-,59-56-. The van der Waals surface area contributed by atoms with Gasteiger partial charge in [-0.3, -0.25) is 18.6 Å². The minimum Gasteiger partial charge on any atom is -0.456 e. The molecular formula is C68H126N2O7P+. The first kappa shape index (κ1) is 75.5. The van der Waals surface area contributed by atoms with Gasteiger partial charge < -0.3 is 19.4 Å². The normalized spacial score (nSPS) is 14.1. The van der Waals surface area contributed by atoms with E-state index in [1.807, 2.05) is 33.3 Å². The van der Waals surface area contributed by atoms with E-state index in [-0.39, 0.29) is 31.5 Å². The summed E-state index contributed by atoms with van der Waals surface area (Å²) < 4.78 is 30.7. The number of esters is 1. The molecule has 3 atom stereocenters. The molecule has 0 saturated heterocycles. The lowest BCUT2D eigenvalue weighted by Crippen LogP contribution is -2.47. The maximum Gasteiger partial charge on any atom is 0.472 e. The van der Waals surface area contributed by atoms with Gasteiger partial charge in [-0.25, -0.2) is 4.57 Å². The fourth-order valence-corrected chi connectivity index (χ4v) is 10.0. The van der Waals surface area contributed by atoms with Crippen molar-refractivity contribution in [3.8, 4) is 0 Å². The number of carbonyl (C=O) groups excluding carboxylic acids is 2. The van der Waals surface area contributed by atoms with Gasteiger partial charge in [0.25, 0.3) is 0 Å². The first-order valence-electron chi connectivity index (χ1n) is 32.8. The Bertz CT molecular complexity index is 1570. The van der Waals surface area contributed by atoms with E-state index >= 15 is 0 Å². The Morgan fingerprint density at radius 3 is 1.27 bits per heavy atom. The molecule has 0 fully saturated rings. The van der Waals surface area contributed by atoms with Crippen LogP contribution >= 0.6 is 7.82 Å². The molecule has 1 amide bonds. The Balaban J connectivity index is 5.12. The lowest BCUT2D eigenvalue weighted by molar-refractivity contribution is -0.870. The summed E-state index contributed by atoms with van der Waals surface area (Å²) in [6.07, 6.45) is 74.7. The van der Waals surface area contributed by atoms with Gasteiger partial charge in [0.15, 0.2) is 0 Å². The van der Waals surface area contributed by atoms with E-state index in [0.717, 1.165) is 89.9 Å². The molecule has 0 spiro atoms. The molecule has 78 heavy (non-hydrogen) atoms. The Morgan fingerprint density at radius 2 is 0.821 bits per heavy atom. The van der Waals surface area contributed by atoms with Crippen LogP contribution in [0.4, 0.5) is 0 Å². The minimum absolute atomic E-state index is 0.0359. The highest BCUT2D eigenvalue weighted by molar-refractivity contribution is 7.47. The summed E-state index contributed by atoms with van der Waals surface area (Å²) in [5.74, 6) is -0.516. The van der Waals surface area contributed by atoms with Crippen molar-refractivity contribution < 1.29 is 37.3 Å². The van der Waals surface area contributed by atoms with Crippen LogP contribution in [0.15, 0.2) is 72.9 Å². The van der Waals surface area contributed by atoms with Crippen LogP contribution < -0.4 is 5.32 Å². The van der Waals surface area contributed by atoms with Gasteiger partial charge in [0.2, 0.25) is 5.91 Å². The number of nitrogens with one attached hydrogen (secondary N) is 1. The maximum absolute atomic E-state index is 13.5. The number of unbranched alkanes of at least 4 members (excludes halogenated alkanes) is 34. The first-order valence-corrected chi connectivity index (χ1v) is 34.3. The highest BCUT2D eigenvalue weighted by atomic mass is 31.2. The molecule has 0 aromatic rings. The molecule has 0 aliphatic heterocycles. The highest BCUT2D eigenvalue weighted by Crippen LogP contribution is 2.43. The van der Waals surface area contributed by atoms with Gasteiger partial charge in [0.1, 0.15) is 19.3 Å². The Kier molecular flexibility index (Phi) is 55.8. The number of quaternary nitrogens is 1. The number of carbonyl (C=O) groups is 2. The van der Waals surface area contributed by atoms with Crippen LogP contribution in [-0.2, 0) is 27.9 Å². The molecule has 3 unspecified atom stereocenters. The van der Waals surface area contributed by atoms with Crippen molar-refractivity contribution in [2.75, 3.05) is 40.9 Å². The van der Waals surface area contributed by atoms with Crippen LogP contribution in [0.25, 0.3) is 0 Å². The summed E-state index contributed by atoms with van der Waals surface area (Å²) in [4.78, 5) is 37.7. The molecule has 0 rings (SSSR count). The van der Waals surface area contributed by atoms with Crippen molar-refractivity contribution in [3.05, 3.63) is 72.9 Å². The third-order valence-electron chi connectivity index (χ3n) is 14.4. The summed E-state index contributed by atoms with van der Waals surface area (Å²) in [5.41, 5.74) is 0. The van der Waals surface area contributed by atoms with Crippen molar-refractivity contribution in [3.63, 3.8) is 0 Å². The molecule has 454 valence electrons. The predicted molar refractivity (Wildman–Crippen MR) is 337 cm³/mol. The topological polar surface area (TPSA) is 111 Å². The van der Waals surface area contributed by atoms with Gasteiger partial charge in [0.05, 0.1) is 33.8 Å². The monoisotopic (exact) mass is 1110 g/mol. The number of allylic oxidation sites excluding steroid dienone is 11. The van der Waals surface area contributed by atoms with E-state index in [2.05, 4.69) is 86.8 Å². The molecule has 0 saturated carbocycles. The Morgan fingerprint density at radius 1 is 0.462 bits per heavy atom. The largest absolute Gasteiger partial charge is 0.472 e. The van der Waals surface area contributed by atoms with Crippen LogP contribution in [0.5, 0.6) is 0 Å². The number of amides is 1. The number of nitrogens with zero attached hydrogens (tertiary/aromatic N) is 1. The fourth-order valence-electron chi connectivity index (χ4n) is 9.29. The molecule has 2 N–H and O–H groups in total. The average Bonchev–Trinajstić information content (AvgIpc) is 3.40. The lowest BCUT2D eigenvalue weighted by atomic mass is 10.0. The second-order valence-corrected chi connectivity index (χ2v) is 24.8. The zero-order chi connectivity index (χ0) is 57.2.